The number of nitrogens with zero attached hydrogens (tertiary/aromatic N) is 3. The molecule has 0 saturated heterocycles. The van der Waals surface area contributed by atoms with Crippen LogP contribution in [0.1, 0.15) is 16.7 Å². The Morgan fingerprint density at radius 1 is 0.970 bits per heavy atom. The van der Waals surface area contributed by atoms with Gasteiger partial charge in [0, 0.05) is 5.56 Å². The predicted octanol–water partition coefficient (Wildman–Crippen LogP) is 4.26. The first-order valence-electron chi connectivity index (χ1n) is 10.4. The summed E-state index contributed by atoms with van der Waals surface area (Å²) >= 11 is 1.31. The molecule has 3 aromatic carbocycles. The van der Waals surface area contributed by atoms with Crippen LogP contribution in [0.4, 0.5) is 0 Å². The van der Waals surface area contributed by atoms with Gasteiger partial charge in [-0.3, -0.25) is 4.79 Å². The molecule has 0 N–H and O–H groups in total. The van der Waals surface area contributed by atoms with E-state index in [1.807, 2.05) is 85.8 Å². The first kappa shape index (κ1) is 20.9. The van der Waals surface area contributed by atoms with Crippen molar-refractivity contribution in [3.05, 3.63) is 104 Å². The number of hydrogen-bond acceptors (Lipinski definition) is 6. The van der Waals surface area contributed by atoms with E-state index < -0.39 is 0 Å². The summed E-state index contributed by atoms with van der Waals surface area (Å²) in [7, 11) is 1.60. The van der Waals surface area contributed by atoms with Crippen molar-refractivity contribution in [1.29, 1.82) is 0 Å². The number of benzene rings is 3. The van der Waals surface area contributed by atoms with Gasteiger partial charge in [0.1, 0.15) is 6.61 Å². The molecule has 0 spiro atoms. The first-order chi connectivity index (χ1) is 16.1. The molecule has 0 amide bonds. The summed E-state index contributed by atoms with van der Waals surface area (Å²) < 4.78 is 13.6. The van der Waals surface area contributed by atoms with E-state index in [0.29, 0.717) is 33.4 Å². The Morgan fingerprint density at radius 3 is 2.61 bits per heavy atom. The topological polar surface area (TPSA) is 65.7 Å². The number of hydrogen-bond donors (Lipinski definition) is 0. The van der Waals surface area contributed by atoms with Crippen LogP contribution in [0.5, 0.6) is 11.5 Å². The first-order valence-corrected chi connectivity index (χ1v) is 11.3. The van der Waals surface area contributed by atoms with Crippen molar-refractivity contribution in [2.45, 2.75) is 13.5 Å². The van der Waals surface area contributed by atoms with Crippen LogP contribution in [0, 0.1) is 6.92 Å². The average Bonchev–Trinajstić information content (AvgIpc) is 3.39. The molecule has 7 heteroatoms. The normalized spacial score (nSPS) is 11.8. The fraction of sp³-hybridized carbons (Fsp3) is 0.115. The fourth-order valence-electron chi connectivity index (χ4n) is 3.61. The van der Waals surface area contributed by atoms with Crippen LogP contribution in [-0.4, -0.2) is 21.7 Å². The zero-order chi connectivity index (χ0) is 22.8. The maximum Gasteiger partial charge on any atom is 0.276 e. The highest BCUT2D eigenvalue weighted by molar-refractivity contribution is 7.15. The molecule has 0 aliphatic heterocycles. The Morgan fingerprint density at radius 2 is 1.82 bits per heavy atom. The molecule has 6 nitrogen and oxygen atoms in total. The minimum absolute atomic E-state index is 0.139. The van der Waals surface area contributed by atoms with Gasteiger partial charge >= 0.3 is 0 Å². The van der Waals surface area contributed by atoms with E-state index in [9.17, 15) is 4.79 Å². The zero-order valence-electron chi connectivity index (χ0n) is 18.2. The second kappa shape index (κ2) is 8.88. The van der Waals surface area contributed by atoms with Crippen molar-refractivity contribution in [3.8, 4) is 22.9 Å². The largest absolute Gasteiger partial charge is 0.493 e. The second-order valence-corrected chi connectivity index (χ2v) is 8.62. The van der Waals surface area contributed by atoms with Gasteiger partial charge in [-0.25, -0.2) is 4.40 Å². The van der Waals surface area contributed by atoms with Gasteiger partial charge in [-0.05, 0) is 42.3 Å². The van der Waals surface area contributed by atoms with E-state index in [2.05, 4.69) is 10.2 Å². The summed E-state index contributed by atoms with van der Waals surface area (Å²) in [6, 6.07) is 23.5. The molecule has 0 radical (unpaired) electrons. The van der Waals surface area contributed by atoms with Crippen LogP contribution >= 0.6 is 11.3 Å². The number of aryl methyl sites for hydroxylation is 1. The molecule has 164 valence electrons. The molecular weight excluding hydrogens is 434 g/mol. The number of aromatic nitrogens is 3. The monoisotopic (exact) mass is 455 g/mol. The van der Waals surface area contributed by atoms with Gasteiger partial charge in [-0.1, -0.05) is 71.5 Å². The van der Waals surface area contributed by atoms with Gasteiger partial charge in [-0.2, -0.15) is 0 Å². The van der Waals surface area contributed by atoms with Gasteiger partial charge < -0.3 is 9.47 Å². The number of ether oxygens (including phenoxy) is 2. The summed E-state index contributed by atoms with van der Waals surface area (Å²) in [6.07, 6.45) is 1.84. The molecule has 2 aromatic heterocycles. The van der Waals surface area contributed by atoms with Gasteiger partial charge in [0.2, 0.25) is 4.96 Å². The van der Waals surface area contributed by atoms with Crippen LogP contribution in [0.25, 0.3) is 22.4 Å². The van der Waals surface area contributed by atoms with Crippen LogP contribution in [0.15, 0.2) is 77.6 Å². The smallest absolute Gasteiger partial charge is 0.276 e. The van der Waals surface area contributed by atoms with E-state index >= 15 is 0 Å². The Bertz CT molecular complexity index is 1540. The number of thiazole rings is 1. The van der Waals surface area contributed by atoms with Crippen LogP contribution in [0.3, 0.4) is 0 Å². The molecule has 0 saturated carbocycles. The fourth-order valence-corrected chi connectivity index (χ4v) is 4.53. The summed E-state index contributed by atoms with van der Waals surface area (Å²) in [4.78, 5) is 13.7. The van der Waals surface area contributed by atoms with Gasteiger partial charge in [0.15, 0.2) is 17.3 Å². The van der Waals surface area contributed by atoms with Crippen molar-refractivity contribution in [2.24, 2.45) is 0 Å². The minimum Gasteiger partial charge on any atom is -0.493 e. The molecule has 5 aromatic rings. The third kappa shape index (κ3) is 4.23. The van der Waals surface area contributed by atoms with Gasteiger partial charge in [0.25, 0.3) is 5.56 Å². The van der Waals surface area contributed by atoms with E-state index in [4.69, 9.17) is 9.47 Å². The lowest BCUT2D eigenvalue weighted by molar-refractivity contribution is 0.284. The average molecular weight is 456 g/mol. The van der Waals surface area contributed by atoms with Crippen molar-refractivity contribution >= 4 is 22.4 Å². The van der Waals surface area contributed by atoms with Crippen molar-refractivity contribution < 1.29 is 9.47 Å². The van der Waals surface area contributed by atoms with Crippen molar-refractivity contribution in [2.75, 3.05) is 7.11 Å². The molecule has 2 heterocycles. The molecule has 0 bridgehead atoms. The summed E-state index contributed by atoms with van der Waals surface area (Å²) in [5, 5.41) is 8.45. The molecule has 0 aliphatic rings. The lowest BCUT2D eigenvalue weighted by atomic mass is 10.1. The lowest BCUT2D eigenvalue weighted by Gasteiger charge is -2.11. The zero-order valence-corrected chi connectivity index (χ0v) is 19.0. The lowest BCUT2D eigenvalue weighted by Crippen LogP contribution is -2.23. The molecule has 0 unspecified atom stereocenters. The second-order valence-electron chi connectivity index (χ2n) is 7.61. The maximum atomic E-state index is 13.2. The Hall–Kier alpha value is -3.97. The summed E-state index contributed by atoms with van der Waals surface area (Å²) in [6.45, 7) is 2.45. The molecule has 0 fully saturated rings. The third-order valence-corrected chi connectivity index (χ3v) is 6.21. The van der Waals surface area contributed by atoms with Crippen LogP contribution < -0.4 is 19.6 Å². The third-order valence-electron chi connectivity index (χ3n) is 5.25. The standard InChI is InChI=1S/C26H21N3O3S/c1-17-7-6-10-20(13-17)24-27-28-26-29(24)25(30)23(33-26)15-19-11-12-21(22(14-19)31-2)32-16-18-8-4-3-5-9-18/h3-15H,16H2,1-2H3. The molecule has 5 rings (SSSR count). The number of rotatable bonds is 6. The molecule has 0 aliphatic carbocycles. The quantitative estimate of drug-likeness (QED) is 0.383. The van der Waals surface area contributed by atoms with Crippen LogP contribution in [0.2, 0.25) is 0 Å². The van der Waals surface area contributed by atoms with Crippen molar-refractivity contribution in [3.63, 3.8) is 0 Å². The Kier molecular flexibility index (Phi) is 5.62. The van der Waals surface area contributed by atoms with Gasteiger partial charge in [-0.15, -0.1) is 10.2 Å². The van der Waals surface area contributed by atoms with E-state index in [-0.39, 0.29) is 5.56 Å². The van der Waals surface area contributed by atoms with Crippen LogP contribution in [-0.2, 0) is 6.61 Å². The van der Waals surface area contributed by atoms with E-state index in [0.717, 1.165) is 22.3 Å². The van der Waals surface area contributed by atoms with E-state index in [1.165, 1.54) is 11.3 Å². The van der Waals surface area contributed by atoms with E-state index in [1.54, 1.807) is 11.5 Å². The molecule has 33 heavy (non-hydrogen) atoms. The highest BCUT2D eigenvalue weighted by Crippen LogP contribution is 2.29. The maximum absolute atomic E-state index is 13.2. The van der Waals surface area contributed by atoms with Crippen molar-refractivity contribution in [1.82, 2.24) is 14.6 Å². The number of methoxy groups -OCH3 is 1. The predicted molar refractivity (Wildman–Crippen MR) is 130 cm³/mol. The Labute approximate surface area is 194 Å². The summed E-state index contributed by atoms with van der Waals surface area (Å²) in [5.41, 5.74) is 3.74. The highest BCUT2D eigenvalue weighted by atomic mass is 32.1. The minimum atomic E-state index is -0.139. The Balaban J connectivity index is 1.48. The SMILES string of the molecule is COc1cc(C=c2sc3nnc(-c4cccc(C)c4)n3c2=O)ccc1OCc1ccccc1. The summed E-state index contributed by atoms with van der Waals surface area (Å²) in [5.74, 6) is 1.81. The van der Waals surface area contributed by atoms with Gasteiger partial charge in [0.05, 0.1) is 11.6 Å². The molecule has 0 atom stereocenters. The number of fused-ring (bicyclic) bond motifs is 1. The highest BCUT2D eigenvalue weighted by Gasteiger charge is 2.14. The molecular formula is C26H21N3O3S.